The summed E-state index contributed by atoms with van der Waals surface area (Å²) in [5, 5.41) is 0. The third-order valence-corrected chi connectivity index (χ3v) is 6.86. The maximum Gasteiger partial charge on any atom is 0.419 e. The number of rotatable bonds is 9. The summed E-state index contributed by atoms with van der Waals surface area (Å²) in [6, 6.07) is 2.70. The maximum absolute atomic E-state index is 13.9. The molecule has 1 aliphatic rings. The third-order valence-electron chi connectivity index (χ3n) is 6.27. The van der Waals surface area contributed by atoms with E-state index in [9.17, 15) is 26.0 Å². The third kappa shape index (κ3) is 6.76. The molecule has 212 valence electrons. The Hall–Kier alpha value is -3.46. The predicted octanol–water partition coefficient (Wildman–Crippen LogP) is 3.84. The first kappa shape index (κ1) is 28.5. The molecule has 2 N–H and O–H groups in total. The van der Waals surface area contributed by atoms with Gasteiger partial charge in [-0.1, -0.05) is 0 Å². The first-order valence-electron chi connectivity index (χ1n) is 12.1. The zero-order valence-electron chi connectivity index (χ0n) is 21.3. The highest BCUT2D eigenvalue weighted by molar-refractivity contribution is 7.85. The summed E-state index contributed by atoms with van der Waals surface area (Å²) >= 11 is 0. The van der Waals surface area contributed by atoms with Crippen LogP contribution in [0.25, 0.3) is 11.3 Å². The Morgan fingerprint density at radius 3 is 2.54 bits per heavy atom. The predicted molar refractivity (Wildman–Crippen MR) is 135 cm³/mol. The van der Waals surface area contributed by atoms with Gasteiger partial charge in [0.25, 0.3) is 10.1 Å². The van der Waals surface area contributed by atoms with Crippen LogP contribution in [0.2, 0.25) is 0 Å². The molecule has 0 radical (unpaired) electrons. The van der Waals surface area contributed by atoms with Gasteiger partial charge in [0.15, 0.2) is 11.6 Å². The summed E-state index contributed by atoms with van der Waals surface area (Å²) < 4.78 is 88.9. The van der Waals surface area contributed by atoms with Crippen LogP contribution >= 0.6 is 0 Å². The summed E-state index contributed by atoms with van der Waals surface area (Å²) in [6.45, 7) is 3.23. The Bertz CT molecular complexity index is 1420. The van der Waals surface area contributed by atoms with Gasteiger partial charge in [-0.25, -0.2) is 19.3 Å². The van der Waals surface area contributed by atoms with Crippen molar-refractivity contribution in [1.29, 1.82) is 0 Å². The van der Waals surface area contributed by atoms with E-state index in [2.05, 4.69) is 15.0 Å². The van der Waals surface area contributed by atoms with E-state index in [1.807, 2.05) is 11.8 Å². The fraction of sp³-hybridized carbons (Fsp3) is 0.458. The molecule has 1 aliphatic heterocycles. The molecule has 1 aromatic carbocycles. The second-order valence-corrected chi connectivity index (χ2v) is 10.6. The zero-order chi connectivity index (χ0) is 28.4. The normalized spacial score (nSPS) is 15.1. The fourth-order valence-electron chi connectivity index (χ4n) is 4.50. The summed E-state index contributed by atoms with van der Waals surface area (Å²) in [6.07, 6.45) is 0.159. The van der Waals surface area contributed by atoms with Crippen molar-refractivity contribution in [1.82, 2.24) is 19.5 Å². The number of hydrogen-bond donors (Lipinski definition) is 1. The van der Waals surface area contributed by atoms with Crippen LogP contribution in [0.15, 0.2) is 30.7 Å². The largest absolute Gasteiger partial charge is 0.487 e. The minimum absolute atomic E-state index is 0.0861. The van der Waals surface area contributed by atoms with Crippen molar-refractivity contribution in [3.8, 4) is 17.0 Å². The molecule has 3 aromatic rings. The molecule has 0 spiro atoms. The van der Waals surface area contributed by atoms with Gasteiger partial charge in [-0.2, -0.15) is 21.6 Å². The van der Waals surface area contributed by atoms with Crippen LogP contribution in [0.5, 0.6) is 5.75 Å². The van der Waals surface area contributed by atoms with Crippen molar-refractivity contribution < 1.29 is 34.9 Å². The Balaban J connectivity index is 1.61. The highest BCUT2D eigenvalue weighted by atomic mass is 32.2. The van der Waals surface area contributed by atoms with E-state index in [0.29, 0.717) is 49.9 Å². The first-order valence-corrected chi connectivity index (χ1v) is 14.0. The molecule has 2 aromatic heterocycles. The molecule has 0 bridgehead atoms. The SMILES string of the molecule is CCOc1c(N)ncnc1N1CCC(c2nc(-c3ccc(F)c(C(F)(F)F)c3)cn2CCOS(C)(=O)=O)CC1. The Labute approximate surface area is 222 Å². The van der Waals surface area contributed by atoms with E-state index in [1.165, 1.54) is 18.6 Å². The van der Waals surface area contributed by atoms with Crippen LogP contribution in [-0.2, 0) is 27.0 Å². The van der Waals surface area contributed by atoms with Crippen LogP contribution in [0.4, 0.5) is 29.2 Å². The van der Waals surface area contributed by atoms with Crippen molar-refractivity contribution in [3.05, 3.63) is 47.9 Å². The minimum atomic E-state index is -4.87. The van der Waals surface area contributed by atoms with Gasteiger partial charge in [-0.05, 0) is 38.0 Å². The van der Waals surface area contributed by atoms with Crippen molar-refractivity contribution in [2.75, 3.05) is 43.2 Å². The molecule has 10 nitrogen and oxygen atoms in total. The number of imidazole rings is 1. The lowest BCUT2D eigenvalue weighted by Crippen LogP contribution is -2.35. The zero-order valence-corrected chi connectivity index (χ0v) is 22.1. The van der Waals surface area contributed by atoms with E-state index < -0.39 is 27.7 Å². The highest BCUT2D eigenvalue weighted by Gasteiger charge is 2.35. The second-order valence-electron chi connectivity index (χ2n) is 9.00. The van der Waals surface area contributed by atoms with Crippen LogP contribution < -0.4 is 15.4 Å². The molecule has 0 unspecified atom stereocenters. The maximum atomic E-state index is 13.9. The standard InChI is InChI=1S/C24H28F4N6O4S/c1-3-37-20-21(29)30-14-31-23(20)33-8-6-15(7-9-33)22-32-19(13-34(22)10-11-38-39(2,35)36)16-4-5-18(25)17(12-16)24(26,27)28/h4-5,12-15H,3,6-11H2,1-2H3,(H2,29,30,31). The average molecular weight is 573 g/mol. The van der Waals surface area contributed by atoms with Crippen LogP contribution in [0, 0.1) is 5.82 Å². The van der Waals surface area contributed by atoms with Gasteiger partial charge in [0, 0.05) is 37.3 Å². The lowest BCUT2D eigenvalue weighted by Gasteiger charge is -2.33. The van der Waals surface area contributed by atoms with E-state index in [4.69, 9.17) is 14.7 Å². The second kappa shape index (κ2) is 11.3. The average Bonchev–Trinajstić information content (AvgIpc) is 3.28. The lowest BCUT2D eigenvalue weighted by atomic mass is 9.95. The molecule has 3 heterocycles. The molecular formula is C24H28F4N6O4S. The number of piperidine rings is 1. The van der Waals surface area contributed by atoms with Gasteiger partial charge in [0.1, 0.15) is 18.0 Å². The van der Waals surface area contributed by atoms with E-state index in [0.717, 1.165) is 18.4 Å². The van der Waals surface area contributed by atoms with Crippen molar-refractivity contribution in [2.45, 2.75) is 38.4 Å². The molecule has 1 saturated heterocycles. The van der Waals surface area contributed by atoms with E-state index in [-0.39, 0.29) is 36.1 Å². The van der Waals surface area contributed by atoms with Gasteiger partial charge < -0.3 is 19.9 Å². The number of nitrogens with two attached hydrogens (primary N) is 1. The quantitative estimate of drug-likeness (QED) is 0.301. The number of nitrogen functional groups attached to an aromatic ring is 1. The fourth-order valence-corrected chi connectivity index (χ4v) is 4.88. The molecule has 0 amide bonds. The number of anilines is 2. The Morgan fingerprint density at radius 2 is 1.90 bits per heavy atom. The first-order chi connectivity index (χ1) is 18.4. The molecule has 15 heteroatoms. The molecule has 0 saturated carbocycles. The molecular weight excluding hydrogens is 544 g/mol. The summed E-state index contributed by atoms with van der Waals surface area (Å²) in [5.41, 5.74) is 4.87. The summed E-state index contributed by atoms with van der Waals surface area (Å²) in [7, 11) is -3.70. The van der Waals surface area contributed by atoms with Crippen molar-refractivity contribution in [2.24, 2.45) is 0 Å². The van der Waals surface area contributed by atoms with Gasteiger partial charge in [-0.15, -0.1) is 0 Å². The van der Waals surface area contributed by atoms with Gasteiger partial charge in [-0.3, -0.25) is 4.18 Å². The van der Waals surface area contributed by atoms with E-state index in [1.54, 1.807) is 4.57 Å². The van der Waals surface area contributed by atoms with Gasteiger partial charge >= 0.3 is 6.18 Å². The summed E-state index contributed by atoms with van der Waals surface area (Å²) in [4.78, 5) is 14.9. The topological polar surface area (TPSA) is 125 Å². The minimum Gasteiger partial charge on any atom is -0.487 e. The summed E-state index contributed by atoms with van der Waals surface area (Å²) in [5.74, 6) is 0.276. The lowest BCUT2D eigenvalue weighted by molar-refractivity contribution is -0.139. The van der Waals surface area contributed by atoms with Crippen molar-refractivity contribution >= 4 is 21.8 Å². The Morgan fingerprint density at radius 1 is 1.18 bits per heavy atom. The number of aromatic nitrogens is 4. The van der Waals surface area contributed by atoms with Crippen LogP contribution in [0.3, 0.4) is 0 Å². The molecule has 0 aliphatic carbocycles. The van der Waals surface area contributed by atoms with E-state index >= 15 is 0 Å². The highest BCUT2D eigenvalue weighted by Crippen LogP contribution is 2.37. The smallest absolute Gasteiger partial charge is 0.419 e. The number of hydrogen-bond acceptors (Lipinski definition) is 9. The molecule has 0 atom stereocenters. The number of benzene rings is 1. The molecule has 39 heavy (non-hydrogen) atoms. The Kier molecular flexibility index (Phi) is 8.30. The van der Waals surface area contributed by atoms with Gasteiger partial charge in [0.05, 0.1) is 30.7 Å². The van der Waals surface area contributed by atoms with Crippen LogP contribution in [-0.4, -0.2) is 60.5 Å². The van der Waals surface area contributed by atoms with Gasteiger partial charge in [0.2, 0.25) is 5.75 Å². The number of alkyl halides is 3. The number of halogens is 4. The number of nitrogens with zero attached hydrogens (tertiary/aromatic N) is 5. The molecule has 4 rings (SSSR count). The van der Waals surface area contributed by atoms with Crippen LogP contribution in [0.1, 0.15) is 37.1 Å². The van der Waals surface area contributed by atoms with Crippen molar-refractivity contribution in [3.63, 3.8) is 0 Å². The number of ether oxygens (including phenoxy) is 1. The molecule has 1 fully saturated rings. The monoisotopic (exact) mass is 572 g/mol.